The molecule has 0 radical (unpaired) electrons. The van der Waals surface area contributed by atoms with Crippen molar-refractivity contribution in [3.05, 3.63) is 23.8 Å². The predicted molar refractivity (Wildman–Crippen MR) is 62.0 cm³/mol. The van der Waals surface area contributed by atoms with Crippen molar-refractivity contribution in [1.29, 1.82) is 0 Å². The van der Waals surface area contributed by atoms with Crippen LogP contribution in [0.1, 0.15) is 12.5 Å². The number of hydrogen-bond acceptors (Lipinski definition) is 5. The summed E-state index contributed by atoms with van der Waals surface area (Å²) in [7, 11) is 4.36. The standard InChI is InChI=1S/C12H18O5/c1-5-17-12(15-3,16-4)9-7-6-8-10(14-2)11(9)13/h6-8,13H,5H2,1-4H3. The molecule has 0 saturated heterocycles. The number of phenolic OH excluding ortho intramolecular Hbond substituents is 1. The van der Waals surface area contributed by atoms with Crippen molar-refractivity contribution in [3.8, 4) is 11.5 Å². The van der Waals surface area contributed by atoms with Crippen LogP contribution in [-0.4, -0.2) is 33.0 Å². The Morgan fingerprint density at radius 1 is 1.18 bits per heavy atom. The number of ether oxygens (including phenoxy) is 4. The van der Waals surface area contributed by atoms with Crippen LogP contribution in [-0.2, 0) is 20.2 Å². The van der Waals surface area contributed by atoms with Gasteiger partial charge in [-0.25, -0.2) is 0 Å². The molecule has 1 aromatic rings. The van der Waals surface area contributed by atoms with Gasteiger partial charge in [0.25, 0.3) is 0 Å². The zero-order valence-electron chi connectivity index (χ0n) is 10.5. The van der Waals surface area contributed by atoms with Crippen molar-refractivity contribution in [2.24, 2.45) is 0 Å². The van der Waals surface area contributed by atoms with Crippen LogP contribution < -0.4 is 4.74 Å². The van der Waals surface area contributed by atoms with Gasteiger partial charge >= 0.3 is 5.97 Å². The van der Waals surface area contributed by atoms with Crippen LogP contribution in [0.2, 0.25) is 0 Å². The number of para-hydroxylation sites is 1. The first-order valence-corrected chi connectivity index (χ1v) is 5.25. The quantitative estimate of drug-likeness (QED) is 0.771. The smallest absolute Gasteiger partial charge is 0.315 e. The van der Waals surface area contributed by atoms with E-state index >= 15 is 0 Å². The molecule has 5 heteroatoms. The van der Waals surface area contributed by atoms with Gasteiger partial charge in [-0.15, -0.1) is 0 Å². The van der Waals surface area contributed by atoms with Gasteiger partial charge in [0, 0.05) is 20.8 Å². The summed E-state index contributed by atoms with van der Waals surface area (Å²) in [6.07, 6.45) is 0. The number of aromatic hydroxyl groups is 1. The summed E-state index contributed by atoms with van der Waals surface area (Å²) in [6, 6.07) is 5.01. The van der Waals surface area contributed by atoms with E-state index in [0.29, 0.717) is 17.9 Å². The molecule has 1 aromatic carbocycles. The minimum Gasteiger partial charge on any atom is -0.504 e. The Labute approximate surface area is 101 Å². The molecule has 0 aliphatic carbocycles. The fourth-order valence-electron chi connectivity index (χ4n) is 1.62. The summed E-state index contributed by atoms with van der Waals surface area (Å²) in [5.74, 6) is -1.15. The summed E-state index contributed by atoms with van der Waals surface area (Å²) in [6.45, 7) is 2.18. The molecule has 0 aliphatic heterocycles. The van der Waals surface area contributed by atoms with Gasteiger partial charge in [0.2, 0.25) is 0 Å². The number of methoxy groups -OCH3 is 3. The lowest BCUT2D eigenvalue weighted by Crippen LogP contribution is -2.34. The average molecular weight is 242 g/mol. The third-order valence-electron chi connectivity index (χ3n) is 2.42. The maximum Gasteiger partial charge on any atom is 0.315 e. The highest BCUT2D eigenvalue weighted by Gasteiger charge is 2.37. The first kappa shape index (κ1) is 13.8. The number of rotatable bonds is 6. The maximum atomic E-state index is 10.0. The SMILES string of the molecule is CCOC(OC)(OC)c1cccc(OC)c1O. The van der Waals surface area contributed by atoms with Crippen LogP contribution in [0.3, 0.4) is 0 Å². The zero-order valence-corrected chi connectivity index (χ0v) is 10.5. The van der Waals surface area contributed by atoms with Crippen LogP contribution in [0, 0.1) is 0 Å². The van der Waals surface area contributed by atoms with Crippen molar-refractivity contribution in [1.82, 2.24) is 0 Å². The first-order valence-electron chi connectivity index (χ1n) is 5.25. The van der Waals surface area contributed by atoms with E-state index in [1.807, 2.05) is 6.92 Å². The van der Waals surface area contributed by atoms with Crippen LogP contribution in [0.15, 0.2) is 18.2 Å². The lowest BCUT2D eigenvalue weighted by Gasteiger charge is -2.30. The highest BCUT2D eigenvalue weighted by molar-refractivity contribution is 5.46. The molecule has 1 rings (SSSR count). The monoisotopic (exact) mass is 242 g/mol. The number of hydrogen-bond donors (Lipinski definition) is 1. The van der Waals surface area contributed by atoms with Crippen LogP contribution in [0.5, 0.6) is 11.5 Å². The Bertz CT molecular complexity index is 360. The Morgan fingerprint density at radius 3 is 2.29 bits per heavy atom. The first-order chi connectivity index (χ1) is 8.15. The van der Waals surface area contributed by atoms with Gasteiger partial charge in [-0.1, -0.05) is 6.07 Å². The number of benzene rings is 1. The van der Waals surface area contributed by atoms with Crippen LogP contribution in [0.25, 0.3) is 0 Å². The van der Waals surface area contributed by atoms with Crippen LogP contribution >= 0.6 is 0 Å². The maximum absolute atomic E-state index is 10.0. The second-order valence-electron chi connectivity index (χ2n) is 3.25. The van der Waals surface area contributed by atoms with Crippen LogP contribution in [0.4, 0.5) is 0 Å². The minimum atomic E-state index is -1.42. The molecule has 17 heavy (non-hydrogen) atoms. The van der Waals surface area contributed by atoms with E-state index in [0.717, 1.165) is 0 Å². The van der Waals surface area contributed by atoms with Gasteiger partial charge < -0.3 is 24.1 Å². The van der Waals surface area contributed by atoms with Crippen molar-refractivity contribution < 1.29 is 24.1 Å². The molecule has 0 atom stereocenters. The van der Waals surface area contributed by atoms with E-state index in [4.69, 9.17) is 18.9 Å². The highest BCUT2D eigenvalue weighted by Crippen LogP contribution is 2.39. The summed E-state index contributed by atoms with van der Waals surface area (Å²) in [5, 5.41) is 10.0. The summed E-state index contributed by atoms with van der Waals surface area (Å²) < 4.78 is 20.9. The van der Waals surface area contributed by atoms with Gasteiger partial charge in [0.15, 0.2) is 11.5 Å². The third kappa shape index (κ3) is 2.52. The van der Waals surface area contributed by atoms with E-state index in [9.17, 15) is 5.11 Å². The Balaban J connectivity index is 3.27. The van der Waals surface area contributed by atoms with E-state index < -0.39 is 5.97 Å². The lowest BCUT2D eigenvalue weighted by atomic mass is 10.1. The fourth-order valence-corrected chi connectivity index (χ4v) is 1.62. The van der Waals surface area contributed by atoms with E-state index in [1.54, 1.807) is 18.2 Å². The van der Waals surface area contributed by atoms with Crippen molar-refractivity contribution >= 4 is 0 Å². The Hall–Kier alpha value is -1.30. The predicted octanol–water partition coefficient (Wildman–Crippen LogP) is 1.84. The fraction of sp³-hybridized carbons (Fsp3) is 0.500. The summed E-state index contributed by atoms with van der Waals surface area (Å²) in [5.41, 5.74) is 0.365. The molecule has 0 unspecified atom stereocenters. The molecule has 0 bridgehead atoms. The Kier molecular flexibility index (Phi) is 4.74. The molecule has 0 aromatic heterocycles. The molecule has 0 fully saturated rings. The van der Waals surface area contributed by atoms with Gasteiger partial charge in [0.1, 0.15) is 0 Å². The molecule has 0 spiro atoms. The van der Waals surface area contributed by atoms with Gasteiger partial charge in [-0.05, 0) is 19.1 Å². The topological polar surface area (TPSA) is 57.2 Å². The van der Waals surface area contributed by atoms with E-state index in [2.05, 4.69) is 0 Å². The number of phenols is 1. The van der Waals surface area contributed by atoms with Crippen molar-refractivity contribution in [2.45, 2.75) is 12.9 Å². The molecule has 0 amide bonds. The third-order valence-corrected chi connectivity index (χ3v) is 2.42. The molecular weight excluding hydrogens is 224 g/mol. The molecule has 0 heterocycles. The molecule has 5 nitrogen and oxygen atoms in total. The summed E-state index contributed by atoms with van der Waals surface area (Å²) in [4.78, 5) is 0. The highest BCUT2D eigenvalue weighted by atomic mass is 16.9. The van der Waals surface area contributed by atoms with Gasteiger partial charge in [-0.3, -0.25) is 0 Å². The van der Waals surface area contributed by atoms with Crippen molar-refractivity contribution in [3.63, 3.8) is 0 Å². The van der Waals surface area contributed by atoms with E-state index in [-0.39, 0.29) is 5.75 Å². The van der Waals surface area contributed by atoms with Gasteiger partial charge in [-0.2, -0.15) is 0 Å². The average Bonchev–Trinajstić information content (AvgIpc) is 2.37. The molecule has 1 N–H and O–H groups in total. The Morgan fingerprint density at radius 2 is 1.82 bits per heavy atom. The molecular formula is C12H18O5. The van der Waals surface area contributed by atoms with Crippen molar-refractivity contribution in [2.75, 3.05) is 27.9 Å². The molecule has 0 aliphatic rings. The summed E-state index contributed by atoms with van der Waals surface area (Å²) >= 11 is 0. The van der Waals surface area contributed by atoms with Gasteiger partial charge in [0.05, 0.1) is 12.7 Å². The largest absolute Gasteiger partial charge is 0.504 e. The second-order valence-corrected chi connectivity index (χ2v) is 3.25. The second kappa shape index (κ2) is 5.86. The molecule has 96 valence electrons. The zero-order chi connectivity index (χ0) is 12.9. The lowest BCUT2D eigenvalue weighted by molar-refractivity contribution is -0.373. The minimum absolute atomic E-state index is 0.0628. The van der Waals surface area contributed by atoms with E-state index in [1.165, 1.54) is 21.3 Å². The normalized spacial score (nSPS) is 11.5. The molecule has 0 saturated carbocycles.